The molecule has 3 heterocycles. The number of carbonyl (C=O) groups is 3. The number of amides is 3. The summed E-state index contributed by atoms with van der Waals surface area (Å²) >= 11 is 6.09. The zero-order chi connectivity index (χ0) is 30.5. The molecule has 43 heavy (non-hydrogen) atoms. The molecule has 2 bridgehead atoms. The molecule has 1 aliphatic carbocycles. The fraction of sp³-hybridized carbons (Fsp3) is 0.514. The number of halogens is 1. The van der Waals surface area contributed by atoms with Crippen molar-refractivity contribution in [3.63, 3.8) is 0 Å². The lowest BCUT2D eigenvalue weighted by Crippen LogP contribution is -2.58. The van der Waals surface area contributed by atoms with Crippen molar-refractivity contribution in [3.05, 3.63) is 76.8 Å². The van der Waals surface area contributed by atoms with Crippen molar-refractivity contribution in [2.24, 2.45) is 23.7 Å². The lowest BCUT2D eigenvalue weighted by atomic mass is 9.73. The Morgan fingerprint density at radius 1 is 1.05 bits per heavy atom. The van der Waals surface area contributed by atoms with Crippen LogP contribution in [0.2, 0.25) is 5.02 Å². The van der Waals surface area contributed by atoms with Crippen LogP contribution in [-0.2, 0) is 25.5 Å². The van der Waals surface area contributed by atoms with Gasteiger partial charge in [-0.05, 0) is 66.0 Å². The van der Waals surface area contributed by atoms with E-state index in [-0.39, 0.29) is 23.8 Å². The molecular formula is C35H42ClN3O4. The Balaban J connectivity index is 1.28. The molecule has 3 fully saturated rings. The number of hydrogen-bond donors (Lipinski definition) is 2. The normalized spacial score (nSPS) is 32.7. The van der Waals surface area contributed by atoms with E-state index in [1.165, 1.54) is 5.56 Å². The first kappa shape index (κ1) is 29.9. The quantitative estimate of drug-likeness (QED) is 0.377. The molecule has 0 aromatic heterocycles. The summed E-state index contributed by atoms with van der Waals surface area (Å²) in [4.78, 5) is 44.0. The summed E-state index contributed by atoms with van der Waals surface area (Å²) in [7, 11) is 0. The Hall–Kier alpha value is -3.16. The van der Waals surface area contributed by atoms with Gasteiger partial charge in [-0.1, -0.05) is 88.6 Å². The van der Waals surface area contributed by atoms with E-state index >= 15 is 0 Å². The van der Waals surface area contributed by atoms with Gasteiger partial charge < -0.3 is 20.3 Å². The highest BCUT2D eigenvalue weighted by Crippen LogP contribution is 2.55. The number of hydrogen-bond acceptors (Lipinski definition) is 4. The van der Waals surface area contributed by atoms with Gasteiger partial charge in [0, 0.05) is 23.3 Å². The zero-order valence-electron chi connectivity index (χ0n) is 25.4. The summed E-state index contributed by atoms with van der Waals surface area (Å²) in [5, 5.41) is 6.99. The minimum Gasteiger partial charge on any atom is -0.359 e. The molecule has 3 aliphatic heterocycles. The second kappa shape index (κ2) is 11.7. The molecule has 0 unspecified atom stereocenters. The summed E-state index contributed by atoms with van der Waals surface area (Å²) < 4.78 is 6.53. The molecular weight excluding hydrogens is 562 g/mol. The van der Waals surface area contributed by atoms with Crippen LogP contribution in [0.1, 0.15) is 64.0 Å². The van der Waals surface area contributed by atoms with Crippen molar-refractivity contribution in [3.8, 4) is 0 Å². The first-order chi connectivity index (χ1) is 20.6. The van der Waals surface area contributed by atoms with Crippen LogP contribution in [0.15, 0.2) is 60.7 Å². The molecule has 2 aromatic carbocycles. The largest absolute Gasteiger partial charge is 0.359 e. The number of nitrogens with zero attached hydrogens (tertiary/aromatic N) is 1. The summed E-state index contributed by atoms with van der Waals surface area (Å²) in [6.45, 7) is 9.01. The molecule has 8 heteroatoms. The van der Waals surface area contributed by atoms with Crippen molar-refractivity contribution >= 4 is 35.0 Å². The molecule has 7 nitrogen and oxygen atoms in total. The number of fused-ring (bicyclic) bond motifs is 1. The van der Waals surface area contributed by atoms with Crippen molar-refractivity contribution in [1.29, 1.82) is 0 Å². The highest BCUT2D eigenvalue weighted by Gasteiger charge is 2.72. The summed E-state index contributed by atoms with van der Waals surface area (Å²) in [6.07, 6.45) is 6.86. The third kappa shape index (κ3) is 5.40. The van der Waals surface area contributed by atoms with E-state index in [0.717, 1.165) is 24.8 Å². The van der Waals surface area contributed by atoms with Crippen LogP contribution in [0.4, 0.5) is 5.69 Å². The maximum atomic E-state index is 14.3. The fourth-order valence-corrected chi connectivity index (χ4v) is 7.76. The van der Waals surface area contributed by atoms with Gasteiger partial charge in [0.05, 0.1) is 17.9 Å². The smallest absolute Gasteiger partial charge is 0.246 e. The topological polar surface area (TPSA) is 87.7 Å². The number of ether oxygens (including phenoxy) is 1. The van der Waals surface area contributed by atoms with Crippen molar-refractivity contribution in [2.45, 2.75) is 83.1 Å². The number of anilines is 1. The highest BCUT2D eigenvalue weighted by molar-refractivity contribution is 6.30. The molecule has 4 aliphatic rings. The maximum absolute atomic E-state index is 14.3. The van der Waals surface area contributed by atoms with Crippen LogP contribution in [-0.4, -0.2) is 53.0 Å². The average molecular weight is 604 g/mol. The average Bonchev–Trinajstić information content (AvgIpc) is 3.62. The Bertz CT molecular complexity index is 1410. The van der Waals surface area contributed by atoms with Gasteiger partial charge >= 0.3 is 0 Å². The number of benzene rings is 2. The standard InChI is InChI=1S/C35H42ClN3O4/c1-20(2)24-10-14-26(15-11-24)37-32(40)29-28-16-18-35(43-28)30(29)34(42)39(19-17-23-8-12-25(36)13-9-23)31(35)33(41)38-27-7-5-6-21(3)22(27)4/h8-16,18,20-22,27-31H,5-7,17,19H2,1-4H3,(H,37,40)(H,38,41)/t21-,22-,27-,28-,29+,30-,31-,35-/m1/s1. The van der Waals surface area contributed by atoms with Crippen LogP contribution < -0.4 is 10.6 Å². The number of carbonyl (C=O) groups excluding carboxylic acids is 3. The van der Waals surface area contributed by atoms with Gasteiger partial charge in [-0.3, -0.25) is 14.4 Å². The maximum Gasteiger partial charge on any atom is 0.246 e. The molecule has 1 saturated carbocycles. The summed E-state index contributed by atoms with van der Waals surface area (Å²) in [5.41, 5.74) is 1.69. The first-order valence-corrected chi connectivity index (χ1v) is 16.1. The van der Waals surface area contributed by atoms with E-state index in [1.807, 2.05) is 60.7 Å². The van der Waals surface area contributed by atoms with Crippen LogP contribution in [0, 0.1) is 23.7 Å². The van der Waals surface area contributed by atoms with Crippen molar-refractivity contribution in [2.75, 3.05) is 11.9 Å². The number of rotatable bonds is 8. The van der Waals surface area contributed by atoms with Crippen molar-refractivity contribution < 1.29 is 19.1 Å². The van der Waals surface area contributed by atoms with Gasteiger partial charge in [-0.15, -0.1) is 0 Å². The van der Waals surface area contributed by atoms with Crippen LogP contribution in [0.25, 0.3) is 0 Å². The number of nitrogens with one attached hydrogen (secondary N) is 2. The SMILES string of the molecule is CC(C)c1ccc(NC(=O)[C@H]2[C@H]3C=C[C@@]4(O3)[C@H]2C(=O)N(CCc2ccc(Cl)cc2)[C@@H]4C(=O)N[C@@H]2CCC[C@@H](C)[C@H]2C)cc1. The molecule has 1 spiro atoms. The van der Waals surface area contributed by atoms with Gasteiger partial charge in [0.2, 0.25) is 17.7 Å². The third-order valence-corrected chi connectivity index (χ3v) is 10.6. The molecule has 6 rings (SSSR count). The van der Waals surface area contributed by atoms with Crippen LogP contribution in [0.5, 0.6) is 0 Å². The van der Waals surface area contributed by atoms with E-state index in [0.29, 0.717) is 41.4 Å². The third-order valence-electron chi connectivity index (χ3n) is 10.4. The monoisotopic (exact) mass is 603 g/mol. The lowest BCUT2D eigenvalue weighted by molar-refractivity contribution is -0.141. The van der Waals surface area contributed by atoms with Gasteiger partial charge in [0.15, 0.2) is 0 Å². The predicted octanol–water partition coefficient (Wildman–Crippen LogP) is 5.74. The molecule has 2 aromatic rings. The van der Waals surface area contributed by atoms with E-state index < -0.39 is 29.6 Å². The van der Waals surface area contributed by atoms with Gasteiger partial charge in [0.1, 0.15) is 11.6 Å². The summed E-state index contributed by atoms with van der Waals surface area (Å²) in [5.74, 6) is -0.950. The van der Waals surface area contributed by atoms with E-state index in [4.69, 9.17) is 16.3 Å². The van der Waals surface area contributed by atoms with Gasteiger partial charge in [-0.2, -0.15) is 0 Å². The highest BCUT2D eigenvalue weighted by atomic mass is 35.5. The van der Waals surface area contributed by atoms with E-state index in [9.17, 15) is 14.4 Å². The second-order valence-corrected chi connectivity index (χ2v) is 13.7. The minimum absolute atomic E-state index is 0.0374. The van der Waals surface area contributed by atoms with Crippen LogP contribution in [0.3, 0.4) is 0 Å². The Kier molecular flexibility index (Phi) is 8.16. The van der Waals surface area contributed by atoms with E-state index in [2.05, 4.69) is 38.3 Å². The van der Waals surface area contributed by atoms with E-state index in [1.54, 1.807) is 4.90 Å². The zero-order valence-corrected chi connectivity index (χ0v) is 26.1. The number of likely N-dealkylation sites (tertiary alicyclic amines) is 1. The first-order valence-electron chi connectivity index (χ1n) is 15.7. The Labute approximate surface area is 259 Å². The molecule has 3 amide bonds. The molecule has 0 radical (unpaired) electrons. The predicted molar refractivity (Wildman–Crippen MR) is 168 cm³/mol. The molecule has 228 valence electrons. The molecule has 8 atom stereocenters. The second-order valence-electron chi connectivity index (χ2n) is 13.3. The van der Waals surface area contributed by atoms with Gasteiger partial charge in [0.25, 0.3) is 0 Å². The fourth-order valence-electron chi connectivity index (χ4n) is 7.63. The summed E-state index contributed by atoms with van der Waals surface area (Å²) in [6, 6.07) is 14.5. The lowest BCUT2D eigenvalue weighted by Gasteiger charge is -2.38. The Morgan fingerprint density at radius 3 is 2.47 bits per heavy atom. The molecule has 2 saturated heterocycles. The molecule has 2 N–H and O–H groups in total. The van der Waals surface area contributed by atoms with Gasteiger partial charge in [-0.25, -0.2) is 0 Å². The van der Waals surface area contributed by atoms with Crippen molar-refractivity contribution in [1.82, 2.24) is 10.2 Å². The minimum atomic E-state index is -1.18. The Morgan fingerprint density at radius 2 is 1.77 bits per heavy atom. The van der Waals surface area contributed by atoms with Crippen LogP contribution >= 0.6 is 11.6 Å².